The molecule has 6 heteroatoms. The Morgan fingerprint density at radius 1 is 1.44 bits per heavy atom. The molecule has 0 aliphatic carbocycles. The van der Waals surface area contributed by atoms with Crippen molar-refractivity contribution < 1.29 is 0 Å². The maximum absolute atomic E-state index is 6.10. The molecule has 18 heavy (non-hydrogen) atoms. The molecule has 4 nitrogen and oxygen atoms in total. The number of aryl methyl sites for hydroxylation is 1. The monoisotopic (exact) mass is 280 g/mol. The van der Waals surface area contributed by atoms with Crippen molar-refractivity contribution in [3.8, 4) is 11.3 Å². The van der Waals surface area contributed by atoms with Crippen molar-refractivity contribution in [1.29, 1.82) is 0 Å². The number of rotatable bonds is 2. The topological polar surface area (TPSA) is 43.6 Å². The van der Waals surface area contributed by atoms with Crippen LogP contribution in [-0.2, 0) is 7.05 Å². The molecule has 0 amide bonds. The molecule has 3 rings (SSSR count). The molecule has 1 aliphatic heterocycles. The lowest BCUT2D eigenvalue weighted by Gasteiger charge is -2.08. The van der Waals surface area contributed by atoms with Crippen LogP contribution in [0.5, 0.6) is 0 Å². The Balaban J connectivity index is 1.99. The zero-order valence-corrected chi connectivity index (χ0v) is 11.6. The van der Waals surface area contributed by atoms with Gasteiger partial charge in [0.1, 0.15) is 11.0 Å². The van der Waals surface area contributed by atoms with Crippen LogP contribution in [0.25, 0.3) is 11.3 Å². The molecule has 1 unspecified atom stereocenters. The summed E-state index contributed by atoms with van der Waals surface area (Å²) < 4.78 is 1.76. The molecule has 0 aromatic carbocycles. The van der Waals surface area contributed by atoms with Gasteiger partial charge in [-0.2, -0.15) is 16.9 Å². The van der Waals surface area contributed by atoms with E-state index in [1.807, 2.05) is 25.0 Å². The van der Waals surface area contributed by atoms with Gasteiger partial charge in [-0.05, 0) is 18.6 Å². The van der Waals surface area contributed by atoms with E-state index in [-0.39, 0.29) is 0 Å². The van der Waals surface area contributed by atoms with Crippen LogP contribution in [0, 0.1) is 0 Å². The maximum Gasteiger partial charge on any atom is 0.143 e. The highest BCUT2D eigenvalue weighted by Gasteiger charge is 2.21. The van der Waals surface area contributed by atoms with E-state index in [0.717, 1.165) is 23.5 Å². The van der Waals surface area contributed by atoms with Crippen molar-refractivity contribution in [1.82, 2.24) is 19.7 Å². The SMILES string of the molecule is Cn1cc(-c2cc(Cl)nc(C3CCCS3)n2)cn1. The van der Waals surface area contributed by atoms with E-state index in [9.17, 15) is 0 Å². The first-order valence-corrected chi connectivity index (χ1v) is 7.30. The van der Waals surface area contributed by atoms with Crippen molar-refractivity contribution in [2.45, 2.75) is 18.1 Å². The summed E-state index contributed by atoms with van der Waals surface area (Å²) in [5.41, 5.74) is 1.83. The van der Waals surface area contributed by atoms with Gasteiger partial charge in [0, 0.05) is 24.9 Å². The van der Waals surface area contributed by atoms with Gasteiger partial charge in [-0.3, -0.25) is 4.68 Å². The fourth-order valence-corrected chi connectivity index (χ4v) is 3.46. The lowest BCUT2D eigenvalue weighted by molar-refractivity contribution is 0.767. The van der Waals surface area contributed by atoms with Gasteiger partial charge in [0.05, 0.1) is 17.1 Å². The summed E-state index contributed by atoms with van der Waals surface area (Å²) in [5.74, 6) is 2.03. The van der Waals surface area contributed by atoms with E-state index in [4.69, 9.17) is 11.6 Å². The van der Waals surface area contributed by atoms with Crippen molar-refractivity contribution in [2.24, 2.45) is 7.05 Å². The van der Waals surface area contributed by atoms with E-state index >= 15 is 0 Å². The summed E-state index contributed by atoms with van der Waals surface area (Å²) in [7, 11) is 1.89. The standard InChI is InChI=1S/C12H13ClN4S/c1-17-7-8(6-14-17)9-5-11(13)16-12(15-9)10-3-2-4-18-10/h5-7,10H,2-4H2,1H3. The van der Waals surface area contributed by atoms with E-state index < -0.39 is 0 Å². The van der Waals surface area contributed by atoms with E-state index in [1.165, 1.54) is 12.2 Å². The van der Waals surface area contributed by atoms with Crippen molar-refractivity contribution in [3.05, 3.63) is 29.4 Å². The van der Waals surface area contributed by atoms with Crippen molar-refractivity contribution >= 4 is 23.4 Å². The minimum Gasteiger partial charge on any atom is -0.275 e. The van der Waals surface area contributed by atoms with Gasteiger partial charge in [0.15, 0.2) is 0 Å². The molecule has 1 saturated heterocycles. The van der Waals surface area contributed by atoms with Crippen LogP contribution >= 0.6 is 23.4 Å². The van der Waals surface area contributed by atoms with Crippen LogP contribution < -0.4 is 0 Å². The minimum atomic E-state index is 0.388. The third-order valence-electron chi connectivity index (χ3n) is 2.93. The molecule has 2 aromatic rings. The average molecular weight is 281 g/mol. The molecule has 0 saturated carbocycles. The minimum absolute atomic E-state index is 0.388. The Kier molecular flexibility index (Phi) is 3.26. The third kappa shape index (κ3) is 2.37. The second-order valence-electron chi connectivity index (χ2n) is 4.34. The van der Waals surface area contributed by atoms with Gasteiger partial charge < -0.3 is 0 Å². The highest BCUT2D eigenvalue weighted by molar-refractivity contribution is 7.99. The number of hydrogen-bond acceptors (Lipinski definition) is 4. The van der Waals surface area contributed by atoms with Gasteiger partial charge >= 0.3 is 0 Å². The van der Waals surface area contributed by atoms with Crippen LogP contribution in [-0.4, -0.2) is 25.5 Å². The van der Waals surface area contributed by atoms with Crippen molar-refractivity contribution in [2.75, 3.05) is 5.75 Å². The summed E-state index contributed by atoms with van der Waals surface area (Å²) >= 11 is 8.01. The molecule has 1 fully saturated rings. The number of nitrogens with zero attached hydrogens (tertiary/aromatic N) is 4. The molecular formula is C12H13ClN4S. The van der Waals surface area contributed by atoms with Gasteiger partial charge in [-0.15, -0.1) is 0 Å². The van der Waals surface area contributed by atoms with Crippen LogP contribution in [0.2, 0.25) is 5.15 Å². The first-order valence-electron chi connectivity index (χ1n) is 5.87. The lowest BCUT2D eigenvalue weighted by Crippen LogP contribution is -1.99. The first kappa shape index (κ1) is 12.0. The second kappa shape index (κ2) is 4.90. The molecule has 0 spiro atoms. The van der Waals surface area contributed by atoms with Gasteiger partial charge in [-0.1, -0.05) is 11.6 Å². The van der Waals surface area contributed by atoms with Crippen LogP contribution in [0.15, 0.2) is 18.5 Å². The highest BCUT2D eigenvalue weighted by Crippen LogP contribution is 2.39. The molecule has 0 radical (unpaired) electrons. The fraction of sp³-hybridized carbons (Fsp3) is 0.417. The first-order chi connectivity index (χ1) is 8.72. The van der Waals surface area contributed by atoms with Crippen LogP contribution in [0.1, 0.15) is 23.9 Å². The highest BCUT2D eigenvalue weighted by atomic mass is 35.5. The molecule has 0 N–H and O–H groups in total. The zero-order valence-electron chi connectivity index (χ0n) is 10.0. The number of thioether (sulfide) groups is 1. The Morgan fingerprint density at radius 3 is 3.00 bits per heavy atom. The number of halogens is 1. The van der Waals surface area contributed by atoms with Crippen LogP contribution in [0.4, 0.5) is 0 Å². The molecule has 3 heterocycles. The third-order valence-corrected chi connectivity index (χ3v) is 4.50. The molecule has 1 atom stereocenters. The summed E-state index contributed by atoms with van der Waals surface area (Å²) in [6.45, 7) is 0. The Bertz CT molecular complexity index is 563. The molecule has 0 bridgehead atoms. The Labute approximate surface area is 115 Å². The zero-order chi connectivity index (χ0) is 12.5. The number of aromatic nitrogens is 4. The van der Waals surface area contributed by atoms with Gasteiger partial charge in [0.2, 0.25) is 0 Å². The van der Waals surface area contributed by atoms with Crippen molar-refractivity contribution in [3.63, 3.8) is 0 Å². The van der Waals surface area contributed by atoms with Gasteiger partial charge in [-0.25, -0.2) is 9.97 Å². The quantitative estimate of drug-likeness (QED) is 0.793. The Morgan fingerprint density at radius 2 is 2.33 bits per heavy atom. The average Bonchev–Trinajstić information content (AvgIpc) is 2.98. The van der Waals surface area contributed by atoms with Gasteiger partial charge in [0.25, 0.3) is 0 Å². The largest absolute Gasteiger partial charge is 0.275 e. The summed E-state index contributed by atoms with van der Waals surface area (Å²) in [4.78, 5) is 8.98. The molecule has 94 valence electrons. The Hall–Kier alpha value is -1.07. The maximum atomic E-state index is 6.10. The van der Waals surface area contributed by atoms with E-state index in [2.05, 4.69) is 15.1 Å². The fourth-order valence-electron chi connectivity index (χ4n) is 2.06. The van der Waals surface area contributed by atoms with Crippen LogP contribution in [0.3, 0.4) is 0 Å². The molecule has 2 aromatic heterocycles. The predicted octanol–water partition coefficient (Wildman–Crippen LogP) is 3.10. The normalized spacial score (nSPS) is 19.3. The van der Waals surface area contributed by atoms with E-state index in [0.29, 0.717) is 10.4 Å². The lowest BCUT2D eigenvalue weighted by atomic mass is 10.2. The van der Waals surface area contributed by atoms with E-state index in [1.54, 1.807) is 16.9 Å². The number of hydrogen-bond donors (Lipinski definition) is 0. The summed E-state index contributed by atoms with van der Waals surface area (Å²) in [6.07, 6.45) is 6.10. The second-order valence-corrected chi connectivity index (χ2v) is 6.04. The molecular weight excluding hydrogens is 268 g/mol. The molecule has 1 aliphatic rings. The summed E-state index contributed by atoms with van der Waals surface area (Å²) in [6, 6.07) is 1.79. The smallest absolute Gasteiger partial charge is 0.143 e. The summed E-state index contributed by atoms with van der Waals surface area (Å²) in [5, 5.41) is 5.05. The predicted molar refractivity (Wildman–Crippen MR) is 73.7 cm³/mol.